The van der Waals surface area contributed by atoms with Gasteiger partial charge in [0.2, 0.25) is 5.91 Å². The number of nitrogens with one attached hydrogen (secondary N) is 1. The van der Waals surface area contributed by atoms with Crippen LogP contribution in [-0.2, 0) is 4.79 Å². The summed E-state index contributed by atoms with van der Waals surface area (Å²) >= 11 is 0. The maximum absolute atomic E-state index is 11.7. The predicted octanol–water partition coefficient (Wildman–Crippen LogP) is 1.17. The van der Waals surface area contributed by atoms with Gasteiger partial charge in [-0.1, -0.05) is 0 Å². The Kier molecular flexibility index (Phi) is 4.54. The highest BCUT2D eigenvalue weighted by Crippen LogP contribution is 2.20. The van der Waals surface area contributed by atoms with E-state index in [1.165, 1.54) is 0 Å². The van der Waals surface area contributed by atoms with Crippen LogP contribution in [0.25, 0.3) is 0 Å². The average Bonchev–Trinajstić information content (AvgIpc) is 1.96. The molecule has 0 radical (unpaired) electrons. The maximum Gasteiger partial charge on any atom is 0.220 e. The van der Waals surface area contributed by atoms with Gasteiger partial charge in [0.05, 0.1) is 11.1 Å². The van der Waals surface area contributed by atoms with Crippen LogP contribution >= 0.6 is 0 Å². The van der Waals surface area contributed by atoms with Gasteiger partial charge in [-0.05, 0) is 48.0 Å². The zero-order valence-corrected chi connectivity index (χ0v) is 11.3. The SMILES string of the molecule is CC(C)(N)CCC(=O)NC(C)(C)C(C)(C)O. The molecule has 0 aliphatic rings. The number of carbonyl (C=O) groups excluding carboxylic acids is 1. The van der Waals surface area contributed by atoms with Crippen LogP contribution in [0, 0.1) is 0 Å². The molecule has 0 saturated heterocycles. The minimum absolute atomic E-state index is 0.0781. The van der Waals surface area contributed by atoms with Crippen molar-refractivity contribution in [2.45, 2.75) is 71.1 Å². The van der Waals surface area contributed by atoms with Crippen molar-refractivity contribution in [3.63, 3.8) is 0 Å². The summed E-state index contributed by atoms with van der Waals surface area (Å²) in [6.45, 7) is 10.8. The second-order valence-electron chi connectivity index (χ2n) is 6.22. The summed E-state index contributed by atoms with van der Waals surface area (Å²) in [5, 5.41) is 12.7. The molecule has 4 heteroatoms. The van der Waals surface area contributed by atoms with E-state index in [-0.39, 0.29) is 11.4 Å². The zero-order valence-electron chi connectivity index (χ0n) is 11.3. The quantitative estimate of drug-likeness (QED) is 0.663. The van der Waals surface area contributed by atoms with Gasteiger partial charge in [-0.15, -0.1) is 0 Å². The summed E-state index contributed by atoms with van der Waals surface area (Å²) in [7, 11) is 0. The molecule has 4 N–H and O–H groups in total. The van der Waals surface area contributed by atoms with Crippen molar-refractivity contribution in [1.29, 1.82) is 0 Å². The monoisotopic (exact) mass is 230 g/mol. The largest absolute Gasteiger partial charge is 0.388 e. The number of hydrogen-bond donors (Lipinski definition) is 3. The van der Waals surface area contributed by atoms with Gasteiger partial charge in [0, 0.05) is 12.0 Å². The molecular formula is C12H26N2O2. The Labute approximate surface area is 98.6 Å². The number of amides is 1. The Hall–Kier alpha value is -0.610. The van der Waals surface area contributed by atoms with Crippen LogP contribution in [0.15, 0.2) is 0 Å². The number of rotatable bonds is 5. The second-order valence-corrected chi connectivity index (χ2v) is 6.22. The van der Waals surface area contributed by atoms with E-state index < -0.39 is 11.1 Å². The topological polar surface area (TPSA) is 75.4 Å². The van der Waals surface area contributed by atoms with Gasteiger partial charge in [-0.2, -0.15) is 0 Å². The van der Waals surface area contributed by atoms with Gasteiger partial charge in [-0.25, -0.2) is 0 Å². The van der Waals surface area contributed by atoms with Gasteiger partial charge in [0.15, 0.2) is 0 Å². The highest BCUT2D eigenvalue weighted by atomic mass is 16.3. The molecule has 0 saturated carbocycles. The molecule has 0 heterocycles. The summed E-state index contributed by atoms with van der Waals surface area (Å²) in [5.74, 6) is -0.0781. The minimum atomic E-state index is -0.957. The summed E-state index contributed by atoms with van der Waals surface area (Å²) in [4.78, 5) is 11.7. The van der Waals surface area contributed by atoms with Gasteiger partial charge in [0.25, 0.3) is 0 Å². The van der Waals surface area contributed by atoms with E-state index in [1.807, 2.05) is 13.8 Å². The molecule has 0 aromatic carbocycles. The van der Waals surface area contributed by atoms with E-state index in [0.717, 1.165) is 0 Å². The van der Waals surface area contributed by atoms with E-state index in [9.17, 15) is 9.90 Å². The smallest absolute Gasteiger partial charge is 0.220 e. The Bertz CT molecular complexity index is 247. The molecule has 0 aliphatic carbocycles. The fourth-order valence-corrected chi connectivity index (χ4v) is 1.000. The molecule has 0 bridgehead atoms. The van der Waals surface area contributed by atoms with Crippen LogP contribution in [0.1, 0.15) is 54.4 Å². The van der Waals surface area contributed by atoms with Crippen LogP contribution < -0.4 is 11.1 Å². The summed E-state index contributed by atoms with van der Waals surface area (Å²) in [6, 6.07) is 0. The van der Waals surface area contributed by atoms with Gasteiger partial charge in [0.1, 0.15) is 0 Å². The Balaban J connectivity index is 4.26. The minimum Gasteiger partial charge on any atom is -0.388 e. The number of aliphatic hydroxyl groups is 1. The average molecular weight is 230 g/mol. The molecule has 4 nitrogen and oxygen atoms in total. The normalized spacial score (nSPS) is 13.8. The first-order chi connectivity index (χ1) is 6.85. The molecule has 0 fully saturated rings. The summed E-state index contributed by atoms with van der Waals surface area (Å²) in [5.41, 5.74) is 3.86. The standard InChI is InChI=1S/C12H26N2O2/c1-10(2,13)8-7-9(15)14-11(3,4)12(5,6)16/h16H,7-8,13H2,1-6H3,(H,14,15). The molecule has 0 unspecified atom stereocenters. The Morgan fingerprint density at radius 1 is 1.19 bits per heavy atom. The predicted molar refractivity (Wildman–Crippen MR) is 66.0 cm³/mol. The lowest BCUT2D eigenvalue weighted by Gasteiger charge is -2.38. The van der Waals surface area contributed by atoms with E-state index >= 15 is 0 Å². The van der Waals surface area contributed by atoms with Crippen LogP contribution in [0.5, 0.6) is 0 Å². The molecule has 0 aromatic rings. The first kappa shape index (κ1) is 15.4. The van der Waals surface area contributed by atoms with E-state index in [1.54, 1.807) is 27.7 Å². The first-order valence-electron chi connectivity index (χ1n) is 5.67. The summed E-state index contributed by atoms with van der Waals surface area (Å²) in [6.07, 6.45) is 1.00. The molecule has 0 spiro atoms. The van der Waals surface area contributed by atoms with Crippen molar-refractivity contribution < 1.29 is 9.90 Å². The fraction of sp³-hybridized carbons (Fsp3) is 0.917. The first-order valence-corrected chi connectivity index (χ1v) is 5.67. The van der Waals surface area contributed by atoms with Crippen LogP contribution in [0.2, 0.25) is 0 Å². The molecule has 0 rings (SSSR count). The fourth-order valence-electron chi connectivity index (χ4n) is 1.000. The van der Waals surface area contributed by atoms with E-state index in [0.29, 0.717) is 12.8 Å². The highest BCUT2D eigenvalue weighted by molar-refractivity contribution is 5.77. The lowest BCUT2D eigenvalue weighted by atomic mass is 9.85. The van der Waals surface area contributed by atoms with E-state index in [4.69, 9.17) is 5.73 Å². The van der Waals surface area contributed by atoms with Crippen molar-refractivity contribution in [2.75, 3.05) is 0 Å². The maximum atomic E-state index is 11.7. The van der Waals surface area contributed by atoms with Crippen molar-refractivity contribution >= 4 is 5.91 Å². The molecule has 96 valence electrons. The highest BCUT2D eigenvalue weighted by Gasteiger charge is 2.36. The third-order valence-corrected chi connectivity index (χ3v) is 2.98. The van der Waals surface area contributed by atoms with Gasteiger partial charge < -0.3 is 16.2 Å². The van der Waals surface area contributed by atoms with Crippen LogP contribution in [0.4, 0.5) is 0 Å². The third-order valence-electron chi connectivity index (χ3n) is 2.98. The molecule has 1 amide bonds. The van der Waals surface area contributed by atoms with Crippen molar-refractivity contribution in [3.05, 3.63) is 0 Å². The van der Waals surface area contributed by atoms with Crippen molar-refractivity contribution in [3.8, 4) is 0 Å². The zero-order chi connectivity index (χ0) is 13.2. The number of carbonyl (C=O) groups is 1. The van der Waals surface area contributed by atoms with Gasteiger partial charge in [-0.3, -0.25) is 4.79 Å². The van der Waals surface area contributed by atoms with Crippen LogP contribution in [0.3, 0.4) is 0 Å². The number of nitrogens with two attached hydrogens (primary N) is 1. The van der Waals surface area contributed by atoms with Crippen molar-refractivity contribution in [2.24, 2.45) is 5.73 Å². The molecular weight excluding hydrogens is 204 g/mol. The lowest BCUT2D eigenvalue weighted by molar-refractivity contribution is -0.126. The molecule has 0 atom stereocenters. The number of hydrogen-bond acceptors (Lipinski definition) is 3. The molecule has 16 heavy (non-hydrogen) atoms. The van der Waals surface area contributed by atoms with Crippen molar-refractivity contribution in [1.82, 2.24) is 5.32 Å². The third kappa shape index (κ3) is 5.47. The second kappa shape index (κ2) is 4.72. The molecule has 0 aliphatic heterocycles. The van der Waals surface area contributed by atoms with Crippen LogP contribution in [-0.4, -0.2) is 27.7 Å². The van der Waals surface area contributed by atoms with Gasteiger partial charge >= 0.3 is 0 Å². The lowest BCUT2D eigenvalue weighted by Crippen LogP contribution is -2.57. The van der Waals surface area contributed by atoms with E-state index in [2.05, 4.69) is 5.32 Å². The summed E-state index contributed by atoms with van der Waals surface area (Å²) < 4.78 is 0. The Morgan fingerprint density at radius 2 is 1.62 bits per heavy atom. The molecule has 0 aromatic heterocycles. The Morgan fingerprint density at radius 3 is 1.94 bits per heavy atom.